The summed E-state index contributed by atoms with van der Waals surface area (Å²) in [7, 11) is 0. The van der Waals surface area contributed by atoms with Crippen molar-refractivity contribution in [2.75, 3.05) is 6.61 Å². The van der Waals surface area contributed by atoms with Crippen LogP contribution in [0.15, 0.2) is 12.1 Å². The van der Waals surface area contributed by atoms with Gasteiger partial charge >= 0.3 is 6.18 Å². The van der Waals surface area contributed by atoms with Gasteiger partial charge in [0.25, 0.3) is 0 Å². The first-order valence-electron chi connectivity index (χ1n) is 5.85. The van der Waals surface area contributed by atoms with E-state index in [-0.39, 0.29) is 23.7 Å². The molecule has 1 aromatic heterocycles. The summed E-state index contributed by atoms with van der Waals surface area (Å²) in [5.41, 5.74) is 1.27. The van der Waals surface area contributed by atoms with Gasteiger partial charge in [-0.25, -0.2) is 4.98 Å². The number of nitrogens with zero attached hydrogens (tertiary/aromatic N) is 1. The molecule has 0 spiro atoms. The lowest BCUT2D eigenvalue weighted by atomic mass is 10.0. The zero-order chi connectivity index (χ0) is 13.6. The first kappa shape index (κ1) is 12.3. The van der Waals surface area contributed by atoms with Crippen LogP contribution >= 0.6 is 0 Å². The number of hydrogen-bond donors (Lipinski definition) is 2. The number of aliphatic hydroxyl groups excluding tert-OH is 1. The quantitative estimate of drug-likeness (QED) is 0.837. The Kier molecular flexibility index (Phi) is 2.67. The van der Waals surface area contributed by atoms with Crippen molar-refractivity contribution in [3.8, 4) is 5.75 Å². The van der Waals surface area contributed by atoms with Gasteiger partial charge in [0, 0.05) is 0 Å². The summed E-state index contributed by atoms with van der Waals surface area (Å²) in [6, 6.07) is 3.29. The number of halogens is 3. The van der Waals surface area contributed by atoms with E-state index >= 15 is 0 Å². The Bertz CT molecular complexity index is 621. The average molecular weight is 272 g/mol. The molecule has 1 atom stereocenters. The van der Waals surface area contributed by atoms with Gasteiger partial charge in [0.15, 0.2) is 5.75 Å². The van der Waals surface area contributed by atoms with Gasteiger partial charge in [-0.1, -0.05) is 6.07 Å². The standard InChI is InChI=1S/C12H11F3N2O2/c13-12(14,15)11-16-8-4-2-6-1-3-7(5-18)19-10(6)9(8)17-11/h2,4,7,18H,1,3,5H2,(H,16,17). The number of ether oxygens (including phenoxy) is 1. The third kappa shape index (κ3) is 2.03. The van der Waals surface area contributed by atoms with Gasteiger partial charge in [-0.05, 0) is 24.5 Å². The molecule has 1 aliphatic heterocycles. The highest BCUT2D eigenvalue weighted by Gasteiger charge is 2.35. The molecule has 1 aromatic carbocycles. The minimum atomic E-state index is -4.52. The summed E-state index contributed by atoms with van der Waals surface area (Å²) < 4.78 is 43.4. The highest BCUT2D eigenvalue weighted by Crippen LogP contribution is 2.36. The monoisotopic (exact) mass is 272 g/mol. The summed E-state index contributed by atoms with van der Waals surface area (Å²) in [5.74, 6) is -0.694. The molecule has 1 unspecified atom stereocenters. The van der Waals surface area contributed by atoms with Crippen LogP contribution in [0.4, 0.5) is 13.2 Å². The molecule has 2 N–H and O–H groups in total. The van der Waals surface area contributed by atoms with Crippen LogP contribution in [0.25, 0.3) is 11.0 Å². The van der Waals surface area contributed by atoms with Crippen LogP contribution in [0.2, 0.25) is 0 Å². The van der Waals surface area contributed by atoms with Crippen LogP contribution in [0.1, 0.15) is 17.8 Å². The highest BCUT2D eigenvalue weighted by molar-refractivity contribution is 5.83. The second kappa shape index (κ2) is 4.12. The normalized spacial score (nSPS) is 19.3. The smallest absolute Gasteiger partial charge is 0.449 e. The van der Waals surface area contributed by atoms with E-state index < -0.39 is 12.0 Å². The molecule has 19 heavy (non-hydrogen) atoms. The molecule has 0 amide bonds. The Morgan fingerprint density at radius 1 is 1.42 bits per heavy atom. The van der Waals surface area contributed by atoms with Crippen molar-refractivity contribution in [2.24, 2.45) is 0 Å². The third-order valence-corrected chi connectivity index (χ3v) is 3.18. The predicted octanol–water partition coefficient (Wildman–Crippen LogP) is 2.27. The largest absolute Gasteiger partial charge is 0.485 e. The molecular weight excluding hydrogens is 261 g/mol. The zero-order valence-electron chi connectivity index (χ0n) is 9.79. The van der Waals surface area contributed by atoms with E-state index in [1.807, 2.05) is 0 Å². The summed E-state index contributed by atoms with van der Waals surface area (Å²) in [6.07, 6.45) is -3.60. The molecule has 0 bridgehead atoms. The number of fused-ring (bicyclic) bond motifs is 3. The van der Waals surface area contributed by atoms with Crippen LogP contribution in [0.3, 0.4) is 0 Å². The molecule has 0 aliphatic carbocycles. The van der Waals surface area contributed by atoms with Gasteiger partial charge in [0.1, 0.15) is 11.6 Å². The zero-order valence-corrected chi connectivity index (χ0v) is 9.79. The SMILES string of the molecule is OCC1CCc2ccc3[nH]c(C(F)(F)F)nc3c2O1. The van der Waals surface area contributed by atoms with Crippen LogP contribution in [0.5, 0.6) is 5.75 Å². The van der Waals surface area contributed by atoms with E-state index in [1.54, 1.807) is 12.1 Å². The van der Waals surface area contributed by atoms with Crippen molar-refractivity contribution in [1.82, 2.24) is 9.97 Å². The second-order valence-electron chi connectivity index (χ2n) is 4.49. The number of aryl methyl sites for hydroxylation is 1. The maximum Gasteiger partial charge on any atom is 0.449 e. The van der Waals surface area contributed by atoms with Gasteiger partial charge in [-0.2, -0.15) is 13.2 Å². The molecule has 102 valence electrons. The first-order valence-corrected chi connectivity index (χ1v) is 5.85. The summed E-state index contributed by atoms with van der Waals surface area (Å²) >= 11 is 0. The summed E-state index contributed by atoms with van der Waals surface area (Å²) in [6.45, 7) is -0.160. The molecule has 0 radical (unpaired) electrons. The van der Waals surface area contributed by atoms with Gasteiger partial charge < -0.3 is 14.8 Å². The number of alkyl halides is 3. The Hall–Kier alpha value is -1.76. The summed E-state index contributed by atoms with van der Waals surface area (Å²) in [5, 5.41) is 9.09. The van der Waals surface area contributed by atoms with Crippen LogP contribution < -0.4 is 4.74 Å². The van der Waals surface area contributed by atoms with Gasteiger partial charge in [-0.15, -0.1) is 0 Å². The topological polar surface area (TPSA) is 58.1 Å². The van der Waals surface area contributed by atoms with E-state index in [2.05, 4.69) is 9.97 Å². The predicted molar refractivity (Wildman–Crippen MR) is 60.9 cm³/mol. The lowest BCUT2D eigenvalue weighted by Gasteiger charge is -2.24. The van der Waals surface area contributed by atoms with Crippen molar-refractivity contribution in [3.63, 3.8) is 0 Å². The van der Waals surface area contributed by atoms with E-state index in [0.29, 0.717) is 18.6 Å². The average Bonchev–Trinajstić information content (AvgIpc) is 2.82. The van der Waals surface area contributed by atoms with Crippen molar-refractivity contribution in [2.45, 2.75) is 25.1 Å². The Morgan fingerprint density at radius 3 is 2.89 bits per heavy atom. The minimum Gasteiger partial charge on any atom is -0.485 e. The third-order valence-electron chi connectivity index (χ3n) is 3.18. The van der Waals surface area contributed by atoms with Crippen molar-refractivity contribution < 1.29 is 23.0 Å². The Morgan fingerprint density at radius 2 is 2.21 bits per heavy atom. The maximum absolute atomic E-state index is 12.6. The molecule has 3 rings (SSSR count). The lowest BCUT2D eigenvalue weighted by Crippen LogP contribution is -2.26. The fourth-order valence-corrected chi connectivity index (χ4v) is 2.23. The molecule has 4 nitrogen and oxygen atoms in total. The molecular formula is C12H11F3N2O2. The number of imidazole rings is 1. The van der Waals surface area contributed by atoms with E-state index in [9.17, 15) is 13.2 Å². The van der Waals surface area contributed by atoms with Crippen molar-refractivity contribution >= 4 is 11.0 Å². The molecule has 7 heteroatoms. The fraction of sp³-hybridized carbons (Fsp3) is 0.417. The molecule has 0 saturated heterocycles. The second-order valence-corrected chi connectivity index (χ2v) is 4.49. The summed E-state index contributed by atoms with van der Waals surface area (Å²) in [4.78, 5) is 5.82. The first-order chi connectivity index (χ1) is 8.99. The number of nitrogens with one attached hydrogen (secondary N) is 1. The molecule has 2 heterocycles. The molecule has 0 fully saturated rings. The van der Waals surface area contributed by atoms with Gasteiger partial charge in [0.2, 0.25) is 5.82 Å². The van der Waals surface area contributed by atoms with Gasteiger partial charge in [0.05, 0.1) is 12.1 Å². The van der Waals surface area contributed by atoms with Crippen LogP contribution in [-0.4, -0.2) is 27.8 Å². The number of H-pyrrole nitrogens is 1. The number of aromatic nitrogens is 2. The molecule has 0 saturated carbocycles. The lowest BCUT2D eigenvalue weighted by molar-refractivity contribution is -0.144. The van der Waals surface area contributed by atoms with Crippen LogP contribution in [-0.2, 0) is 12.6 Å². The Labute approximate surface area is 106 Å². The van der Waals surface area contributed by atoms with Gasteiger partial charge in [-0.3, -0.25) is 0 Å². The van der Waals surface area contributed by atoms with Crippen molar-refractivity contribution in [3.05, 3.63) is 23.5 Å². The van der Waals surface area contributed by atoms with Crippen LogP contribution in [0, 0.1) is 0 Å². The molecule has 2 aromatic rings. The number of benzene rings is 1. The van der Waals surface area contributed by atoms with E-state index in [0.717, 1.165) is 5.56 Å². The van der Waals surface area contributed by atoms with Crippen molar-refractivity contribution in [1.29, 1.82) is 0 Å². The number of aliphatic hydroxyl groups is 1. The number of hydrogen-bond acceptors (Lipinski definition) is 3. The van der Waals surface area contributed by atoms with E-state index in [4.69, 9.17) is 9.84 Å². The maximum atomic E-state index is 12.6. The number of aromatic amines is 1. The number of rotatable bonds is 1. The van der Waals surface area contributed by atoms with E-state index in [1.165, 1.54) is 0 Å². The Balaban J connectivity index is 2.13. The fourth-order valence-electron chi connectivity index (χ4n) is 2.23. The minimum absolute atomic E-state index is 0.160. The highest BCUT2D eigenvalue weighted by atomic mass is 19.4. The molecule has 1 aliphatic rings.